The summed E-state index contributed by atoms with van der Waals surface area (Å²) in [4.78, 5) is 16.3. The highest BCUT2D eigenvalue weighted by Crippen LogP contribution is 2.09. The monoisotopic (exact) mass is 358 g/mol. The zero-order valence-corrected chi connectivity index (χ0v) is 14.9. The number of rotatable bonds is 6. The number of amides is 1. The van der Waals surface area contributed by atoms with Gasteiger partial charge in [-0.25, -0.2) is 4.98 Å². The molecule has 0 radical (unpaired) electrons. The largest absolute Gasteiger partial charge is 0.354 e. The Labute approximate surface area is 149 Å². The molecule has 1 amide bonds. The van der Waals surface area contributed by atoms with Gasteiger partial charge in [-0.1, -0.05) is 37.3 Å². The van der Waals surface area contributed by atoms with Crippen LogP contribution in [0, 0.1) is 12.8 Å². The molecule has 0 spiro atoms. The van der Waals surface area contributed by atoms with E-state index >= 15 is 0 Å². The summed E-state index contributed by atoms with van der Waals surface area (Å²) in [5.74, 6) is 1.15. The van der Waals surface area contributed by atoms with Crippen molar-refractivity contribution in [1.82, 2.24) is 14.9 Å². The molecule has 2 unspecified atom stereocenters. The number of nitrogens with one attached hydrogen (secondary N) is 1. The number of nitrogens with two attached hydrogens (primary N) is 1. The van der Waals surface area contributed by atoms with Crippen molar-refractivity contribution >= 4 is 30.7 Å². The van der Waals surface area contributed by atoms with Crippen molar-refractivity contribution in [3.63, 3.8) is 0 Å². The second kappa shape index (κ2) is 10.3. The Morgan fingerprint density at radius 3 is 2.52 bits per heavy atom. The Balaban J connectivity index is 0.00000242. The van der Waals surface area contributed by atoms with Crippen LogP contribution in [0.2, 0.25) is 0 Å². The quantitative estimate of drug-likeness (QED) is 0.832. The summed E-state index contributed by atoms with van der Waals surface area (Å²) in [7, 11) is 0. The molecule has 0 saturated carbocycles. The lowest BCUT2D eigenvalue weighted by Gasteiger charge is -2.17. The minimum absolute atomic E-state index is 0. The van der Waals surface area contributed by atoms with E-state index in [2.05, 4.69) is 21.8 Å². The number of imidazole rings is 1. The SMILES string of the molecule is Cc1nccn1CC(C)CNC(=O)C(N)c1ccccc1.Cl.Cl. The van der Waals surface area contributed by atoms with Gasteiger partial charge in [-0.3, -0.25) is 4.79 Å². The van der Waals surface area contributed by atoms with Crippen LogP contribution < -0.4 is 11.1 Å². The topological polar surface area (TPSA) is 72.9 Å². The minimum Gasteiger partial charge on any atom is -0.354 e. The molecule has 128 valence electrons. The average Bonchev–Trinajstić information content (AvgIpc) is 2.90. The van der Waals surface area contributed by atoms with Gasteiger partial charge >= 0.3 is 0 Å². The van der Waals surface area contributed by atoms with Gasteiger partial charge in [0, 0.05) is 25.5 Å². The third kappa shape index (κ3) is 6.22. The first-order chi connectivity index (χ1) is 10.1. The lowest BCUT2D eigenvalue weighted by molar-refractivity contribution is -0.122. The summed E-state index contributed by atoms with van der Waals surface area (Å²) >= 11 is 0. The molecule has 23 heavy (non-hydrogen) atoms. The molecule has 0 fully saturated rings. The van der Waals surface area contributed by atoms with Crippen LogP contribution in [0.4, 0.5) is 0 Å². The van der Waals surface area contributed by atoms with Crippen LogP contribution in [0.25, 0.3) is 0 Å². The molecule has 0 bridgehead atoms. The van der Waals surface area contributed by atoms with E-state index in [4.69, 9.17) is 5.73 Å². The lowest BCUT2D eigenvalue weighted by atomic mass is 10.1. The second-order valence-corrected chi connectivity index (χ2v) is 5.37. The van der Waals surface area contributed by atoms with Crippen LogP contribution in [0.15, 0.2) is 42.7 Å². The van der Waals surface area contributed by atoms with Crippen molar-refractivity contribution in [2.75, 3.05) is 6.54 Å². The van der Waals surface area contributed by atoms with Gasteiger partial charge in [0.25, 0.3) is 0 Å². The van der Waals surface area contributed by atoms with E-state index in [-0.39, 0.29) is 30.7 Å². The highest BCUT2D eigenvalue weighted by molar-refractivity contribution is 5.85. The van der Waals surface area contributed by atoms with E-state index < -0.39 is 6.04 Å². The number of aromatic nitrogens is 2. The van der Waals surface area contributed by atoms with Crippen LogP contribution in [-0.2, 0) is 11.3 Å². The molecule has 5 nitrogen and oxygen atoms in total. The predicted octanol–water partition coefficient (Wildman–Crippen LogP) is 2.49. The van der Waals surface area contributed by atoms with E-state index in [0.29, 0.717) is 12.5 Å². The molecule has 1 heterocycles. The molecule has 0 aliphatic carbocycles. The number of hydrogen-bond acceptors (Lipinski definition) is 3. The predicted molar refractivity (Wildman–Crippen MR) is 97.0 cm³/mol. The number of carbonyl (C=O) groups excluding carboxylic acids is 1. The van der Waals surface area contributed by atoms with Gasteiger partial charge in [-0.05, 0) is 18.4 Å². The summed E-state index contributed by atoms with van der Waals surface area (Å²) in [5.41, 5.74) is 6.78. The number of nitrogens with zero attached hydrogens (tertiary/aromatic N) is 2. The van der Waals surface area contributed by atoms with Crippen LogP contribution in [0.3, 0.4) is 0 Å². The Kier molecular flexibility index (Phi) is 9.56. The van der Waals surface area contributed by atoms with E-state index in [1.165, 1.54) is 0 Å². The highest BCUT2D eigenvalue weighted by Gasteiger charge is 2.16. The summed E-state index contributed by atoms with van der Waals surface area (Å²) in [6.45, 7) is 5.48. The fourth-order valence-corrected chi connectivity index (χ4v) is 2.19. The third-order valence-electron chi connectivity index (χ3n) is 3.50. The maximum absolute atomic E-state index is 12.1. The summed E-state index contributed by atoms with van der Waals surface area (Å²) < 4.78 is 2.08. The summed E-state index contributed by atoms with van der Waals surface area (Å²) in [6.07, 6.45) is 3.73. The van der Waals surface area contributed by atoms with Crippen molar-refractivity contribution in [3.05, 3.63) is 54.1 Å². The lowest BCUT2D eigenvalue weighted by Crippen LogP contribution is -2.37. The maximum Gasteiger partial charge on any atom is 0.241 e. The maximum atomic E-state index is 12.1. The van der Waals surface area contributed by atoms with Gasteiger partial charge in [0.15, 0.2) is 0 Å². The molecule has 0 saturated heterocycles. The molecule has 3 N–H and O–H groups in total. The Bertz CT molecular complexity index is 589. The number of halogens is 2. The fourth-order valence-electron chi connectivity index (χ4n) is 2.19. The molecular weight excluding hydrogens is 335 g/mol. The van der Waals surface area contributed by atoms with Crippen LogP contribution in [0.1, 0.15) is 24.4 Å². The van der Waals surface area contributed by atoms with Crippen molar-refractivity contribution in [2.45, 2.75) is 26.4 Å². The summed E-state index contributed by atoms with van der Waals surface area (Å²) in [6, 6.07) is 8.78. The average molecular weight is 359 g/mol. The molecule has 1 aromatic carbocycles. The molecule has 2 aromatic rings. The molecular formula is C16H24Cl2N4O. The standard InChI is InChI=1S/C16H22N4O.2ClH/c1-12(11-20-9-8-18-13(20)2)10-19-16(21)15(17)14-6-4-3-5-7-14;;/h3-9,12,15H,10-11,17H2,1-2H3,(H,19,21);2*1H. The summed E-state index contributed by atoms with van der Waals surface area (Å²) in [5, 5.41) is 2.91. The first kappa shape index (κ1) is 21.4. The number of carbonyl (C=O) groups is 1. The van der Waals surface area contributed by atoms with Gasteiger partial charge in [0.05, 0.1) is 0 Å². The fraction of sp³-hybridized carbons (Fsp3) is 0.375. The van der Waals surface area contributed by atoms with Gasteiger partial charge in [-0.15, -0.1) is 24.8 Å². The molecule has 0 aliphatic heterocycles. The van der Waals surface area contributed by atoms with Crippen LogP contribution >= 0.6 is 24.8 Å². The number of benzene rings is 1. The van der Waals surface area contributed by atoms with Crippen molar-refractivity contribution < 1.29 is 4.79 Å². The van der Waals surface area contributed by atoms with E-state index in [0.717, 1.165) is 17.9 Å². The molecule has 7 heteroatoms. The van der Waals surface area contributed by atoms with Gasteiger partial charge in [-0.2, -0.15) is 0 Å². The van der Waals surface area contributed by atoms with Crippen molar-refractivity contribution in [1.29, 1.82) is 0 Å². The van der Waals surface area contributed by atoms with Crippen molar-refractivity contribution in [3.8, 4) is 0 Å². The van der Waals surface area contributed by atoms with Gasteiger partial charge in [0.2, 0.25) is 5.91 Å². The smallest absolute Gasteiger partial charge is 0.241 e. The number of hydrogen-bond donors (Lipinski definition) is 2. The third-order valence-corrected chi connectivity index (χ3v) is 3.50. The molecule has 2 atom stereocenters. The molecule has 2 rings (SSSR count). The van der Waals surface area contributed by atoms with Crippen LogP contribution in [-0.4, -0.2) is 22.0 Å². The zero-order chi connectivity index (χ0) is 15.2. The second-order valence-electron chi connectivity index (χ2n) is 5.37. The van der Waals surface area contributed by atoms with Gasteiger partial charge in [0.1, 0.15) is 11.9 Å². The molecule has 1 aromatic heterocycles. The van der Waals surface area contributed by atoms with Crippen molar-refractivity contribution in [2.24, 2.45) is 11.7 Å². The Hall–Kier alpha value is -1.56. The van der Waals surface area contributed by atoms with E-state index in [1.807, 2.05) is 43.5 Å². The van der Waals surface area contributed by atoms with E-state index in [9.17, 15) is 4.79 Å². The Morgan fingerprint density at radius 2 is 1.96 bits per heavy atom. The number of aryl methyl sites for hydroxylation is 1. The van der Waals surface area contributed by atoms with Gasteiger partial charge < -0.3 is 15.6 Å². The van der Waals surface area contributed by atoms with Crippen LogP contribution in [0.5, 0.6) is 0 Å². The first-order valence-corrected chi connectivity index (χ1v) is 7.14. The zero-order valence-electron chi connectivity index (χ0n) is 13.3. The Morgan fingerprint density at radius 1 is 1.30 bits per heavy atom. The van der Waals surface area contributed by atoms with E-state index in [1.54, 1.807) is 6.20 Å². The highest BCUT2D eigenvalue weighted by atomic mass is 35.5. The minimum atomic E-state index is -0.617. The molecule has 0 aliphatic rings. The normalized spacial score (nSPS) is 12.5. The first-order valence-electron chi connectivity index (χ1n) is 7.14.